The van der Waals surface area contributed by atoms with Gasteiger partial charge in [-0.25, -0.2) is 13.2 Å². The Balaban J connectivity index is 2.71. The Hall–Kier alpha value is -0.960. The topological polar surface area (TPSA) is 104 Å². The van der Waals surface area contributed by atoms with Gasteiger partial charge in [0.1, 0.15) is 11.9 Å². The number of hydrogen-bond donors (Lipinski definition) is 2. The highest BCUT2D eigenvalue weighted by molar-refractivity contribution is 8.00. The van der Waals surface area contributed by atoms with Crippen LogP contribution in [0.5, 0.6) is 0 Å². The zero-order valence-corrected chi connectivity index (χ0v) is 10.9. The molecule has 2 N–H and O–H groups in total. The van der Waals surface area contributed by atoms with Crippen molar-refractivity contribution in [3.05, 3.63) is 0 Å². The number of amides is 2. The van der Waals surface area contributed by atoms with Crippen LogP contribution in [0.1, 0.15) is 0 Å². The summed E-state index contributed by atoms with van der Waals surface area (Å²) in [6, 6.07) is -0.650. The normalized spacial score (nSPS) is 21.0. The lowest BCUT2D eigenvalue weighted by molar-refractivity contribution is -0.135. The van der Waals surface area contributed by atoms with Crippen molar-refractivity contribution in [3.63, 3.8) is 0 Å². The van der Waals surface area contributed by atoms with Gasteiger partial charge >= 0.3 is 12.0 Å². The highest BCUT2D eigenvalue weighted by Gasteiger charge is 2.34. The third kappa shape index (κ3) is 4.08. The van der Waals surface area contributed by atoms with Crippen molar-refractivity contribution in [2.45, 2.75) is 5.37 Å². The van der Waals surface area contributed by atoms with Crippen LogP contribution in [-0.2, 0) is 14.6 Å². The van der Waals surface area contributed by atoms with Crippen LogP contribution in [0, 0.1) is 0 Å². The lowest BCUT2D eigenvalue weighted by Gasteiger charge is -2.33. The van der Waals surface area contributed by atoms with E-state index in [1.165, 1.54) is 16.7 Å². The summed E-state index contributed by atoms with van der Waals surface area (Å²) in [5.41, 5.74) is 0. The first-order chi connectivity index (χ1) is 7.82. The van der Waals surface area contributed by atoms with Crippen molar-refractivity contribution >= 4 is 33.6 Å². The predicted molar refractivity (Wildman–Crippen MR) is 63.7 cm³/mol. The van der Waals surface area contributed by atoms with Crippen LogP contribution in [0.4, 0.5) is 4.79 Å². The molecule has 0 saturated carbocycles. The lowest BCUT2D eigenvalue weighted by atomic mass is 10.5. The van der Waals surface area contributed by atoms with E-state index in [2.05, 4.69) is 5.32 Å². The van der Waals surface area contributed by atoms with Gasteiger partial charge in [-0.3, -0.25) is 4.79 Å². The van der Waals surface area contributed by atoms with Crippen LogP contribution < -0.4 is 5.32 Å². The van der Waals surface area contributed by atoms with Crippen molar-refractivity contribution in [2.75, 3.05) is 30.9 Å². The molecule has 1 atom stereocenters. The van der Waals surface area contributed by atoms with Crippen molar-refractivity contribution in [3.8, 4) is 0 Å². The summed E-state index contributed by atoms with van der Waals surface area (Å²) in [5, 5.41) is 9.72. The molecule has 1 rings (SSSR count). The third-order valence-corrected chi connectivity index (χ3v) is 4.87. The highest BCUT2D eigenvalue weighted by atomic mass is 32.2. The van der Waals surface area contributed by atoms with Gasteiger partial charge in [-0.1, -0.05) is 0 Å². The molecule has 1 saturated heterocycles. The van der Waals surface area contributed by atoms with Gasteiger partial charge in [0.25, 0.3) is 0 Å². The van der Waals surface area contributed by atoms with E-state index in [0.29, 0.717) is 18.1 Å². The molecule has 98 valence electrons. The fraction of sp³-hybridized carbons (Fsp3) is 0.750. The molecule has 7 nitrogen and oxygen atoms in total. The minimum absolute atomic E-state index is 0.299. The Kier molecular flexibility index (Phi) is 4.63. The fourth-order valence-corrected chi connectivity index (χ4v) is 4.24. The number of aliphatic carboxylic acids is 1. The van der Waals surface area contributed by atoms with Crippen LogP contribution >= 0.6 is 11.8 Å². The van der Waals surface area contributed by atoms with Gasteiger partial charge in [-0.05, 0) is 0 Å². The minimum Gasteiger partial charge on any atom is -0.480 e. The molecule has 2 amide bonds. The maximum absolute atomic E-state index is 11.6. The zero-order chi connectivity index (χ0) is 13.1. The number of thioether (sulfide) groups is 1. The largest absolute Gasteiger partial charge is 0.480 e. The number of carboxylic acid groups (broad SMARTS) is 1. The number of rotatable bonds is 3. The van der Waals surface area contributed by atoms with Crippen LogP contribution in [0.3, 0.4) is 0 Å². The number of nitrogens with zero attached hydrogens (tertiary/aromatic N) is 1. The van der Waals surface area contributed by atoms with Gasteiger partial charge in [-0.15, -0.1) is 0 Å². The smallest absolute Gasteiger partial charge is 0.323 e. The molecule has 0 aromatic rings. The van der Waals surface area contributed by atoms with Gasteiger partial charge < -0.3 is 15.3 Å². The Bertz CT molecular complexity index is 408. The molecule has 0 bridgehead atoms. The van der Waals surface area contributed by atoms with E-state index in [1.807, 2.05) is 0 Å². The molecule has 0 spiro atoms. The number of sulfone groups is 1. The maximum atomic E-state index is 11.6. The van der Waals surface area contributed by atoms with Crippen molar-refractivity contribution in [1.82, 2.24) is 10.2 Å². The van der Waals surface area contributed by atoms with Crippen LogP contribution in [-0.4, -0.2) is 66.6 Å². The molecule has 1 aliphatic heterocycles. The van der Waals surface area contributed by atoms with Crippen LogP contribution in [0.2, 0.25) is 0 Å². The molecule has 0 aromatic carbocycles. The molecular formula is C8H14N2O5S2. The Morgan fingerprint density at radius 3 is 2.71 bits per heavy atom. The molecule has 17 heavy (non-hydrogen) atoms. The van der Waals surface area contributed by atoms with E-state index in [0.717, 1.165) is 6.26 Å². The second-order valence-electron chi connectivity index (χ2n) is 3.60. The number of carbonyl (C=O) groups excluding carboxylic acids is 1. The Morgan fingerprint density at radius 2 is 2.18 bits per heavy atom. The standard InChI is InChI=1S/C8H14N2O5S2/c1-17(14,15)6-5-16-3-2-10(6)8(13)9-4-7(11)12/h6H,2-5H2,1H3,(H,9,13)(H,11,12). The summed E-state index contributed by atoms with van der Waals surface area (Å²) in [7, 11) is -3.36. The van der Waals surface area contributed by atoms with Gasteiger partial charge in [0, 0.05) is 24.3 Å². The van der Waals surface area contributed by atoms with Gasteiger partial charge in [0.15, 0.2) is 9.84 Å². The van der Waals surface area contributed by atoms with Crippen LogP contribution in [0.25, 0.3) is 0 Å². The van der Waals surface area contributed by atoms with E-state index in [9.17, 15) is 18.0 Å². The first-order valence-electron chi connectivity index (χ1n) is 4.85. The lowest BCUT2D eigenvalue weighted by Crippen LogP contribution is -2.54. The van der Waals surface area contributed by atoms with Crippen molar-refractivity contribution in [2.24, 2.45) is 0 Å². The molecule has 9 heteroatoms. The molecule has 1 fully saturated rings. The van der Waals surface area contributed by atoms with Crippen LogP contribution in [0.15, 0.2) is 0 Å². The molecule has 0 aromatic heterocycles. The molecule has 1 unspecified atom stereocenters. The van der Waals surface area contributed by atoms with E-state index in [4.69, 9.17) is 5.11 Å². The number of nitrogens with one attached hydrogen (secondary N) is 1. The van der Waals surface area contributed by atoms with Crippen molar-refractivity contribution < 1.29 is 23.1 Å². The van der Waals surface area contributed by atoms with Gasteiger partial charge in [0.2, 0.25) is 0 Å². The second-order valence-corrected chi connectivity index (χ2v) is 6.96. The predicted octanol–water partition coefficient (Wildman–Crippen LogP) is -0.800. The number of carboxylic acids is 1. The van der Waals surface area contributed by atoms with Crippen molar-refractivity contribution in [1.29, 1.82) is 0 Å². The fourth-order valence-electron chi connectivity index (χ4n) is 1.42. The summed E-state index contributed by atoms with van der Waals surface area (Å²) in [6.45, 7) is -0.215. The molecule has 1 heterocycles. The average molecular weight is 282 g/mol. The summed E-state index contributed by atoms with van der Waals surface area (Å²) >= 11 is 1.46. The SMILES string of the molecule is CS(=O)(=O)C1CSCCN1C(=O)NCC(=O)O. The average Bonchev–Trinajstić information content (AvgIpc) is 2.24. The third-order valence-electron chi connectivity index (χ3n) is 2.23. The Labute approximate surface area is 103 Å². The Morgan fingerprint density at radius 1 is 1.53 bits per heavy atom. The molecule has 0 radical (unpaired) electrons. The highest BCUT2D eigenvalue weighted by Crippen LogP contribution is 2.20. The minimum atomic E-state index is -3.36. The van der Waals surface area contributed by atoms with E-state index in [-0.39, 0.29) is 0 Å². The van der Waals surface area contributed by atoms with E-state index in [1.54, 1.807) is 0 Å². The summed E-state index contributed by atoms with van der Waals surface area (Å²) in [6.07, 6.45) is 1.07. The summed E-state index contributed by atoms with van der Waals surface area (Å²) < 4.78 is 23.0. The monoisotopic (exact) mass is 282 g/mol. The quantitative estimate of drug-likeness (QED) is 0.702. The summed E-state index contributed by atoms with van der Waals surface area (Å²) in [4.78, 5) is 23.1. The van der Waals surface area contributed by atoms with Gasteiger partial charge in [-0.2, -0.15) is 11.8 Å². The zero-order valence-electron chi connectivity index (χ0n) is 9.25. The van der Waals surface area contributed by atoms with E-state index >= 15 is 0 Å². The molecular weight excluding hydrogens is 268 g/mol. The first-order valence-corrected chi connectivity index (χ1v) is 7.96. The van der Waals surface area contributed by atoms with E-state index < -0.39 is 33.8 Å². The molecule has 1 aliphatic rings. The maximum Gasteiger partial charge on any atom is 0.323 e. The first kappa shape index (κ1) is 14.1. The molecule has 0 aliphatic carbocycles. The van der Waals surface area contributed by atoms with Gasteiger partial charge in [0.05, 0.1) is 0 Å². The second kappa shape index (κ2) is 5.58. The number of carbonyl (C=O) groups is 2. The number of urea groups is 1. The summed E-state index contributed by atoms with van der Waals surface area (Å²) in [5.74, 6) is -0.202. The number of hydrogen-bond acceptors (Lipinski definition) is 5.